The fourth-order valence-corrected chi connectivity index (χ4v) is 3.24. The van der Waals surface area contributed by atoms with Crippen LogP contribution in [0.2, 0.25) is 0 Å². The van der Waals surface area contributed by atoms with Crippen molar-refractivity contribution in [3.05, 3.63) is 64.1 Å². The number of carbonyl (C=O) groups is 1. The van der Waals surface area contributed by atoms with E-state index in [-0.39, 0.29) is 12.0 Å². The summed E-state index contributed by atoms with van der Waals surface area (Å²) in [6, 6.07) is 17.0. The van der Waals surface area contributed by atoms with Crippen LogP contribution in [0.5, 0.6) is 0 Å². The number of rotatable bonds is 4. The molecule has 1 amide bonds. The molecule has 1 aliphatic heterocycles. The quantitative estimate of drug-likeness (QED) is 0.855. The normalized spacial score (nSPS) is 17.7. The lowest BCUT2D eigenvalue weighted by atomic mass is 10.1. The van der Waals surface area contributed by atoms with Gasteiger partial charge in [-0.25, -0.2) is 0 Å². The van der Waals surface area contributed by atoms with Crippen LogP contribution in [-0.4, -0.2) is 37.0 Å². The van der Waals surface area contributed by atoms with Gasteiger partial charge in [0.25, 0.3) is 0 Å². The maximum absolute atomic E-state index is 12.3. The van der Waals surface area contributed by atoms with Gasteiger partial charge in [-0.05, 0) is 35.9 Å². The van der Waals surface area contributed by atoms with Crippen LogP contribution in [0.3, 0.4) is 0 Å². The van der Waals surface area contributed by atoms with Gasteiger partial charge in [-0.2, -0.15) is 5.26 Å². The fourth-order valence-electron chi connectivity index (χ4n) is 2.82. The number of nitrogens with zero attached hydrogens (tertiary/aromatic N) is 2. The molecule has 5 nitrogen and oxygen atoms in total. The van der Waals surface area contributed by atoms with Crippen molar-refractivity contribution in [3.63, 3.8) is 0 Å². The van der Waals surface area contributed by atoms with Gasteiger partial charge in [0, 0.05) is 23.2 Å². The molecule has 1 heterocycles. The molecule has 0 bridgehead atoms. The zero-order valence-electron chi connectivity index (χ0n) is 13.6. The van der Waals surface area contributed by atoms with Crippen LogP contribution in [0, 0.1) is 11.3 Å². The molecule has 1 fully saturated rings. The average Bonchev–Trinajstić information content (AvgIpc) is 2.62. The fraction of sp³-hybridized carbons (Fsp3) is 0.263. The molecule has 25 heavy (non-hydrogen) atoms. The van der Waals surface area contributed by atoms with Crippen molar-refractivity contribution >= 4 is 27.5 Å². The lowest BCUT2D eigenvalue weighted by Gasteiger charge is -2.32. The molecule has 1 N–H and O–H groups in total. The highest BCUT2D eigenvalue weighted by atomic mass is 79.9. The van der Waals surface area contributed by atoms with Crippen molar-refractivity contribution in [1.29, 1.82) is 5.26 Å². The van der Waals surface area contributed by atoms with Crippen molar-refractivity contribution < 1.29 is 9.53 Å². The van der Waals surface area contributed by atoms with Crippen molar-refractivity contribution in [2.45, 2.75) is 6.10 Å². The van der Waals surface area contributed by atoms with E-state index in [4.69, 9.17) is 10.00 Å². The first-order valence-electron chi connectivity index (χ1n) is 8.03. The third-order valence-electron chi connectivity index (χ3n) is 4.01. The Kier molecular flexibility index (Phi) is 5.82. The van der Waals surface area contributed by atoms with E-state index in [2.05, 4.69) is 32.2 Å². The first kappa shape index (κ1) is 17.6. The first-order chi connectivity index (χ1) is 12.1. The van der Waals surface area contributed by atoms with Gasteiger partial charge in [0.1, 0.15) is 0 Å². The smallest absolute Gasteiger partial charge is 0.238 e. The molecular formula is C19H18BrN3O2. The Morgan fingerprint density at radius 3 is 2.96 bits per heavy atom. The molecule has 2 aromatic rings. The second-order valence-corrected chi connectivity index (χ2v) is 6.81. The molecule has 0 spiro atoms. The van der Waals surface area contributed by atoms with Crippen LogP contribution in [-0.2, 0) is 9.53 Å². The lowest BCUT2D eigenvalue weighted by molar-refractivity contribution is -0.119. The number of amides is 1. The van der Waals surface area contributed by atoms with E-state index >= 15 is 0 Å². The SMILES string of the molecule is N#Cc1cccc(NC(=O)CN2CCOC(c3cccc(Br)c3)C2)c1. The van der Waals surface area contributed by atoms with Gasteiger partial charge in [-0.3, -0.25) is 9.69 Å². The van der Waals surface area contributed by atoms with E-state index in [0.29, 0.717) is 30.9 Å². The number of ether oxygens (including phenoxy) is 1. The third kappa shape index (κ3) is 4.89. The number of halogens is 1. The second-order valence-electron chi connectivity index (χ2n) is 5.89. The van der Waals surface area contributed by atoms with Crippen LogP contribution in [0.1, 0.15) is 17.2 Å². The van der Waals surface area contributed by atoms with Gasteiger partial charge in [0.05, 0.1) is 30.9 Å². The molecule has 1 atom stereocenters. The summed E-state index contributed by atoms with van der Waals surface area (Å²) in [6.45, 7) is 2.28. The molecule has 6 heteroatoms. The zero-order chi connectivity index (χ0) is 17.6. The standard InChI is InChI=1S/C19H18BrN3O2/c20-16-5-2-4-15(10-16)18-12-23(7-8-25-18)13-19(24)22-17-6-1-3-14(9-17)11-21/h1-6,9-10,18H,7-8,12-13H2,(H,22,24). The molecule has 1 aliphatic rings. The minimum atomic E-state index is -0.0926. The summed E-state index contributed by atoms with van der Waals surface area (Å²) in [7, 11) is 0. The maximum Gasteiger partial charge on any atom is 0.238 e. The lowest BCUT2D eigenvalue weighted by Crippen LogP contribution is -2.42. The summed E-state index contributed by atoms with van der Waals surface area (Å²) in [6.07, 6.45) is -0.0408. The number of anilines is 1. The van der Waals surface area contributed by atoms with Gasteiger partial charge < -0.3 is 10.1 Å². The topological polar surface area (TPSA) is 65.4 Å². The highest BCUT2D eigenvalue weighted by Gasteiger charge is 2.23. The number of morpholine rings is 1. The Labute approximate surface area is 155 Å². The van der Waals surface area contributed by atoms with Crippen molar-refractivity contribution in [3.8, 4) is 6.07 Å². The van der Waals surface area contributed by atoms with Gasteiger partial charge in [-0.1, -0.05) is 34.1 Å². The predicted octanol–water partition coefficient (Wildman–Crippen LogP) is 3.33. The van der Waals surface area contributed by atoms with Crippen LogP contribution < -0.4 is 5.32 Å². The third-order valence-corrected chi connectivity index (χ3v) is 4.51. The molecule has 3 rings (SSSR count). The Bertz CT molecular complexity index is 803. The molecule has 1 unspecified atom stereocenters. The van der Waals surface area contributed by atoms with E-state index in [1.807, 2.05) is 24.3 Å². The van der Waals surface area contributed by atoms with Crippen LogP contribution in [0.25, 0.3) is 0 Å². The average molecular weight is 400 g/mol. The number of benzene rings is 2. The van der Waals surface area contributed by atoms with Crippen LogP contribution >= 0.6 is 15.9 Å². The highest BCUT2D eigenvalue weighted by molar-refractivity contribution is 9.10. The van der Waals surface area contributed by atoms with Crippen molar-refractivity contribution in [2.75, 3.05) is 31.6 Å². The Balaban J connectivity index is 1.58. The number of hydrogen-bond acceptors (Lipinski definition) is 4. The molecule has 0 radical (unpaired) electrons. The predicted molar refractivity (Wildman–Crippen MR) is 99.1 cm³/mol. The molecule has 1 saturated heterocycles. The highest BCUT2D eigenvalue weighted by Crippen LogP contribution is 2.24. The maximum atomic E-state index is 12.3. The van der Waals surface area contributed by atoms with Gasteiger partial charge in [-0.15, -0.1) is 0 Å². The summed E-state index contributed by atoms with van der Waals surface area (Å²) in [5, 5.41) is 11.8. The van der Waals surface area contributed by atoms with Gasteiger partial charge >= 0.3 is 0 Å². The summed E-state index contributed by atoms with van der Waals surface area (Å²) < 4.78 is 6.86. The minimum absolute atomic E-state index is 0.0408. The van der Waals surface area contributed by atoms with E-state index in [1.54, 1.807) is 24.3 Å². The summed E-state index contributed by atoms with van der Waals surface area (Å²) in [5.74, 6) is -0.0926. The zero-order valence-corrected chi connectivity index (χ0v) is 15.2. The number of hydrogen-bond donors (Lipinski definition) is 1. The second kappa shape index (κ2) is 8.26. The molecule has 2 aromatic carbocycles. The molecule has 0 saturated carbocycles. The van der Waals surface area contributed by atoms with E-state index in [0.717, 1.165) is 16.6 Å². The van der Waals surface area contributed by atoms with Gasteiger partial charge in [0.2, 0.25) is 5.91 Å². The van der Waals surface area contributed by atoms with Crippen molar-refractivity contribution in [1.82, 2.24) is 4.90 Å². The Morgan fingerprint density at radius 1 is 1.32 bits per heavy atom. The van der Waals surface area contributed by atoms with E-state index in [1.165, 1.54) is 0 Å². The number of carbonyl (C=O) groups excluding carboxylic acids is 1. The molecule has 0 aliphatic carbocycles. The first-order valence-corrected chi connectivity index (χ1v) is 8.83. The van der Waals surface area contributed by atoms with E-state index in [9.17, 15) is 4.79 Å². The van der Waals surface area contributed by atoms with Crippen LogP contribution in [0.15, 0.2) is 53.0 Å². The molecule has 0 aromatic heterocycles. The Hall–Kier alpha value is -2.20. The largest absolute Gasteiger partial charge is 0.371 e. The van der Waals surface area contributed by atoms with E-state index < -0.39 is 0 Å². The molecular weight excluding hydrogens is 382 g/mol. The minimum Gasteiger partial charge on any atom is -0.371 e. The van der Waals surface area contributed by atoms with Crippen LogP contribution in [0.4, 0.5) is 5.69 Å². The number of nitrogens with one attached hydrogen (secondary N) is 1. The molecule has 128 valence electrons. The summed E-state index contributed by atoms with van der Waals surface area (Å²) in [5.41, 5.74) is 2.26. The summed E-state index contributed by atoms with van der Waals surface area (Å²) in [4.78, 5) is 14.4. The van der Waals surface area contributed by atoms with Gasteiger partial charge in [0.15, 0.2) is 0 Å². The monoisotopic (exact) mass is 399 g/mol. The Morgan fingerprint density at radius 2 is 2.16 bits per heavy atom. The number of nitriles is 1. The van der Waals surface area contributed by atoms with Crippen molar-refractivity contribution in [2.24, 2.45) is 0 Å². The summed E-state index contributed by atoms with van der Waals surface area (Å²) >= 11 is 3.48.